The Morgan fingerprint density at radius 3 is 2.38 bits per heavy atom. The molecule has 0 aliphatic heterocycles. The minimum absolute atomic E-state index is 0.169. The van der Waals surface area contributed by atoms with E-state index in [1.165, 1.54) is 0 Å². The number of rotatable bonds is 4. The van der Waals surface area contributed by atoms with Crippen molar-refractivity contribution in [3.8, 4) is 5.88 Å². The SMILES string of the molecule is COC(=O)c1cc(C(F)F)c(OC(F)(F)F)nc1[N+](=O)[O-]. The van der Waals surface area contributed by atoms with E-state index in [9.17, 15) is 36.9 Å². The number of esters is 1. The van der Waals surface area contributed by atoms with Crippen molar-refractivity contribution in [2.45, 2.75) is 12.8 Å². The molecule has 0 saturated carbocycles. The van der Waals surface area contributed by atoms with Gasteiger partial charge in [0, 0.05) is 4.98 Å². The molecule has 1 aromatic heterocycles. The van der Waals surface area contributed by atoms with E-state index in [1.54, 1.807) is 0 Å². The zero-order valence-corrected chi connectivity index (χ0v) is 9.98. The first-order valence-corrected chi connectivity index (χ1v) is 4.88. The Kier molecular flexibility index (Phi) is 4.60. The van der Waals surface area contributed by atoms with Crippen molar-refractivity contribution in [1.82, 2.24) is 4.98 Å². The Bertz CT molecular complexity index is 574. The standard InChI is InChI=1S/C9H5F5N2O5/c1-20-8(17)4-2-3(5(10)11)7(21-9(12,13)14)15-6(4)16(18)19/h2,5H,1H3. The number of methoxy groups -OCH3 is 1. The van der Waals surface area contributed by atoms with Crippen LogP contribution < -0.4 is 4.74 Å². The van der Waals surface area contributed by atoms with Crippen LogP contribution in [-0.2, 0) is 4.74 Å². The first kappa shape index (κ1) is 16.5. The fourth-order valence-corrected chi connectivity index (χ4v) is 1.25. The highest BCUT2D eigenvalue weighted by Crippen LogP contribution is 2.35. The van der Waals surface area contributed by atoms with E-state index in [-0.39, 0.29) is 6.07 Å². The topological polar surface area (TPSA) is 91.6 Å². The van der Waals surface area contributed by atoms with Crippen LogP contribution in [0.1, 0.15) is 22.3 Å². The second kappa shape index (κ2) is 5.85. The number of carbonyl (C=O) groups is 1. The Hall–Kier alpha value is -2.53. The molecule has 116 valence electrons. The molecule has 1 aromatic rings. The third kappa shape index (κ3) is 3.97. The van der Waals surface area contributed by atoms with Gasteiger partial charge in [0.2, 0.25) is 0 Å². The van der Waals surface area contributed by atoms with Gasteiger partial charge in [-0.2, -0.15) is 0 Å². The molecule has 0 saturated heterocycles. The number of ether oxygens (including phenoxy) is 2. The van der Waals surface area contributed by atoms with Crippen molar-refractivity contribution >= 4 is 11.8 Å². The number of aromatic nitrogens is 1. The fourth-order valence-electron chi connectivity index (χ4n) is 1.25. The monoisotopic (exact) mass is 316 g/mol. The highest BCUT2D eigenvalue weighted by Gasteiger charge is 2.39. The molecule has 0 amide bonds. The Morgan fingerprint density at radius 2 is 2.00 bits per heavy atom. The van der Waals surface area contributed by atoms with Crippen LogP contribution in [0.4, 0.5) is 27.8 Å². The lowest BCUT2D eigenvalue weighted by atomic mass is 10.2. The van der Waals surface area contributed by atoms with Crippen LogP contribution in [0.5, 0.6) is 5.88 Å². The van der Waals surface area contributed by atoms with Crippen molar-refractivity contribution in [2.24, 2.45) is 0 Å². The molecule has 0 spiro atoms. The quantitative estimate of drug-likeness (QED) is 0.367. The van der Waals surface area contributed by atoms with Gasteiger partial charge in [-0.3, -0.25) is 0 Å². The molecule has 0 N–H and O–H groups in total. The zero-order valence-electron chi connectivity index (χ0n) is 9.98. The van der Waals surface area contributed by atoms with Crippen molar-refractivity contribution < 1.29 is 41.1 Å². The predicted octanol–water partition coefficient (Wildman–Crippen LogP) is 2.61. The summed E-state index contributed by atoms with van der Waals surface area (Å²) in [7, 11) is 0.800. The van der Waals surface area contributed by atoms with E-state index in [4.69, 9.17) is 0 Å². The molecule has 1 rings (SSSR count). The van der Waals surface area contributed by atoms with Gasteiger partial charge in [0.25, 0.3) is 6.43 Å². The van der Waals surface area contributed by atoms with Gasteiger partial charge >= 0.3 is 24.0 Å². The smallest absolute Gasteiger partial charge is 0.465 e. The summed E-state index contributed by atoms with van der Waals surface area (Å²) in [6.45, 7) is 0. The van der Waals surface area contributed by atoms with Gasteiger partial charge in [-0.1, -0.05) is 0 Å². The number of carbonyl (C=O) groups excluding carboxylic acids is 1. The van der Waals surface area contributed by atoms with E-state index < -0.39 is 46.5 Å². The molecule has 0 aromatic carbocycles. The molecule has 0 atom stereocenters. The molecule has 21 heavy (non-hydrogen) atoms. The number of alkyl halides is 5. The molecule has 0 radical (unpaired) electrons. The van der Waals surface area contributed by atoms with Crippen LogP contribution in [0.25, 0.3) is 0 Å². The molecule has 0 unspecified atom stereocenters. The minimum Gasteiger partial charge on any atom is -0.465 e. The van der Waals surface area contributed by atoms with Crippen molar-refractivity contribution in [1.29, 1.82) is 0 Å². The Morgan fingerprint density at radius 1 is 1.43 bits per heavy atom. The van der Waals surface area contributed by atoms with Gasteiger partial charge in [0.05, 0.1) is 7.11 Å². The van der Waals surface area contributed by atoms with Crippen LogP contribution in [0, 0.1) is 10.1 Å². The Labute approximate surface area is 112 Å². The summed E-state index contributed by atoms with van der Waals surface area (Å²) in [6, 6.07) is 0.169. The lowest BCUT2D eigenvalue weighted by molar-refractivity contribution is -0.390. The molecule has 0 bridgehead atoms. The minimum atomic E-state index is -5.39. The summed E-state index contributed by atoms with van der Waals surface area (Å²) >= 11 is 0. The van der Waals surface area contributed by atoms with E-state index in [0.717, 1.165) is 7.11 Å². The normalized spacial score (nSPS) is 11.4. The van der Waals surface area contributed by atoms with Crippen LogP contribution in [0.15, 0.2) is 6.07 Å². The summed E-state index contributed by atoms with van der Waals surface area (Å²) in [5, 5.41) is 10.7. The van der Waals surface area contributed by atoms with Crippen molar-refractivity contribution in [3.05, 3.63) is 27.3 Å². The highest BCUT2D eigenvalue weighted by molar-refractivity contribution is 5.93. The molecule has 0 fully saturated rings. The second-order valence-corrected chi connectivity index (χ2v) is 3.35. The maximum absolute atomic E-state index is 12.7. The second-order valence-electron chi connectivity index (χ2n) is 3.35. The van der Waals surface area contributed by atoms with Crippen molar-refractivity contribution in [3.63, 3.8) is 0 Å². The van der Waals surface area contributed by atoms with E-state index in [2.05, 4.69) is 14.5 Å². The van der Waals surface area contributed by atoms with Gasteiger partial charge in [0.1, 0.15) is 5.56 Å². The first-order valence-electron chi connectivity index (χ1n) is 4.88. The first-order chi connectivity index (χ1) is 9.56. The van der Waals surface area contributed by atoms with Crippen LogP contribution in [-0.4, -0.2) is 29.3 Å². The Balaban J connectivity index is 3.54. The van der Waals surface area contributed by atoms with Gasteiger partial charge < -0.3 is 19.6 Å². The van der Waals surface area contributed by atoms with Gasteiger partial charge in [-0.15, -0.1) is 13.2 Å². The molecular weight excluding hydrogens is 311 g/mol. The molecule has 1 heterocycles. The van der Waals surface area contributed by atoms with E-state index in [1.807, 2.05) is 0 Å². The largest absolute Gasteiger partial charge is 0.575 e. The van der Waals surface area contributed by atoms with Gasteiger partial charge in [-0.05, 0) is 11.0 Å². The van der Waals surface area contributed by atoms with Gasteiger partial charge in [-0.25, -0.2) is 13.6 Å². The summed E-state index contributed by atoms with van der Waals surface area (Å²) in [6.07, 6.45) is -8.91. The fraction of sp³-hybridized carbons (Fsp3) is 0.333. The molecule has 7 nitrogen and oxygen atoms in total. The maximum atomic E-state index is 12.7. The number of halogens is 5. The number of hydrogen-bond acceptors (Lipinski definition) is 6. The third-order valence-corrected chi connectivity index (χ3v) is 2.02. The van der Waals surface area contributed by atoms with Gasteiger partial charge in [0.15, 0.2) is 5.56 Å². The average Bonchev–Trinajstić information content (AvgIpc) is 2.34. The van der Waals surface area contributed by atoms with Crippen LogP contribution in [0.2, 0.25) is 0 Å². The molecule has 0 aliphatic carbocycles. The predicted molar refractivity (Wildman–Crippen MR) is 53.9 cm³/mol. The number of pyridine rings is 1. The van der Waals surface area contributed by atoms with E-state index in [0.29, 0.717) is 0 Å². The van der Waals surface area contributed by atoms with Crippen LogP contribution >= 0.6 is 0 Å². The van der Waals surface area contributed by atoms with Crippen molar-refractivity contribution in [2.75, 3.05) is 7.11 Å². The van der Waals surface area contributed by atoms with E-state index >= 15 is 0 Å². The number of nitrogens with zero attached hydrogens (tertiary/aromatic N) is 2. The number of nitro groups is 1. The highest BCUT2D eigenvalue weighted by atomic mass is 19.4. The number of hydrogen-bond donors (Lipinski definition) is 0. The third-order valence-electron chi connectivity index (χ3n) is 2.02. The maximum Gasteiger partial charge on any atom is 0.575 e. The molecule has 12 heteroatoms. The average molecular weight is 316 g/mol. The zero-order chi connectivity index (χ0) is 16.4. The summed E-state index contributed by atoms with van der Waals surface area (Å²) in [5.41, 5.74) is -2.45. The summed E-state index contributed by atoms with van der Waals surface area (Å²) in [4.78, 5) is 23.3. The summed E-state index contributed by atoms with van der Waals surface area (Å²) in [5.74, 6) is -4.52. The molecule has 0 aliphatic rings. The lowest BCUT2D eigenvalue weighted by Gasteiger charge is -2.10. The molecular formula is C9H5F5N2O5. The van der Waals surface area contributed by atoms with Crippen LogP contribution in [0.3, 0.4) is 0 Å². The summed E-state index contributed by atoms with van der Waals surface area (Å²) < 4.78 is 68.9. The lowest BCUT2D eigenvalue weighted by Crippen LogP contribution is -2.20.